The Kier molecular flexibility index (Phi) is 13.8. The van der Waals surface area contributed by atoms with E-state index in [2.05, 4.69) is 53.5 Å². The summed E-state index contributed by atoms with van der Waals surface area (Å²) in [5, 5.41) is 14.3. The molecule has 0 unspecified atom stereocenters. The second-order valence-corrected chi connectivity index (χ2v) is 13.7. The number of nitrogens with zero attached hydrogens (tertiary/aromatic N) is 3. The van der Waals surface area contributed by atoms with Gasteiger partial charge in [0, 0.05) is 29.3 Å². The van der Waals surface area contributed by atoms with Crippen LogP contribution in [0.5, 0.6) is 11.5 Å². The summed E-state index contributed by atoms with van der Waals surface area (Å²) in [6.07, 6.45) is 18.5. The van der Waals surface area contributed by atoms with Crippen molar-refractivity contribution in [3.8, 4) is 22.9 Å². The first-order valence-corrected chi connectivity index (χ1v) is 17.7. The van der Waals surface area contributed by atoms with Crippen molar-refractivity contribution in [1.29, 1.82) is 0 Å². The van der Waals surface area contributed by atoms with Crippen molar-refractivity contribution in [3.63, 3.8) is 0 Å². The number of carbonyl (C=O) groups is 1. The summed E-state index contributed by atoms with van der Waals surface area (Å²) < 4.78 is 7.68. The maximum Gasteiger partial charge on any atom is 0.319 e. The highest BCUT2D eigenvalue weighted by Crippen LogP contribution is 2.32. The normalized spacial score (nSPS) is 11.7. The van der Waals surface area contributed by atoms with Gasteiger partial charge in [0.25, 0.3) is 0 Å². The van der Waals surface area contributed by atoms with Crippen LogP contribution in [0.15, 0.2) is 48.5 Å². The zero-order valence-electron chi connectivity index (χ0n) is 28.3. The maximum atomic E-state index is 12.4. The summed E-state index contributed by atoms with van der Waals surface area (Å²) >= 11 is 6.58. The molecule has 3 N–H and O–H groups in total. The Hall–Kier alpha value is -3.52. The number of anilines is 1. The SMILES string of the molecule is CCCCCCCCCCCCCCCCNC(=O)Nc1cccc(Oc2ccc(-c3nc4c(Cl)c(C(C)(C)C)[nH]n4n3)cc2)c1. The molecule has 2 heterocycles. The van der Waals surface area contributed by atoms with E-state index in [-0.39, 0.29) is 11.4 Å². The van der Waals surface area contributed by atoms with Gasteiger partial charge in [-0.15, -0.1) is 5.10 Å². The van der Waals surface area contributed by atoms with Crippen LogP contribution in [0.2, 0.25) is 5.02 Å². The number of rotatable bonds is 19. The Morgan fingerprint density at radius 1 is 0.848 bits per heavy atom. The highest BCUT2D eigenvalue weighted by Gasteiger charge is 2.24. The van der Waals surface area contributed by atoms with Crippen LogP contribution in [0.1, 0.15) is 123 Å². The van der Waals surface area contributed by atoms with Gasteiger partial charge in [-0.25, -0.2) is 9.78 Å². The number of halogens is 1. The Bertz CT molecular complexity index is 1490. The second kappa shape index (κ2) is 18.0. The van der Waals surface area contributed by atoms with E-state index in [4.69, 9.17) is 16.3 Å². The van der Waals surface area contributed by atoms with Gasteiger partial charge < -0.3 is 15.4 Å². The van der Waals surface area contributed by atoms with Crippen LogP contribution in [0.4, 0.5) is 10.5 Å². The minimum atomic E-state index is -0.199. The smallest absolute Gasteiger partial charge is 0.319 e. The highest BCUT2D eigenvalue weighted by molar-refractivity contribution is 6.34. The molecule has 0 aliphatic rings. The number of ether oxygens (including phenoxy) is 1. The molecule has 0 saturated heterocycles. The Balaban J connectivity index is 1.11. The predicted octanol–water partition coefficient (Wildman–Crippen LogP) is 11.1. The number of amides is 2. The van der Waals surface area contributed by atoms with E-state index in [1.54, 1.807) is 4.63 Å². The third-order valence-electron chi connectivity index (χ3n) is 8.25. The molecule has 0 atom stereocenters. The Morgan fingerprint density at radius 2 is 1.46 bits per heavy atom. The summed E-state index contributed by atoms with van der Waals surface area (Å²) in [5.74, 6) is 1.87. The number of hydrogen-bond acceptors (Lipinski definition) is 4. The number of H-pyrrole nitrogens is 1. The fraction of sp³-hybridized carbons (Fsp3) is 0.541. The molecule has 0 aliphatic heterocycles. The monoisotopic (exact) mass is 648 g/mol. The molecule has 8 nitrogen and oxygen atoms in total. The first-order valence-electron chi connectivity index (χ1n) is 17.3. The Morgan fingerprint density at radius 3 is 2.04 bits per heavy atom. The van der Waals surface area contributed by atoms with Crippen molar-refractivity contribution in [2.24, 2.45) is 0 Å². The lowest BCUT2D eigenvalue weighted by Crippen LogP contribution is -2.29. The van der Waals surface area contributed by atoms with E-state index in [1.165, 1.54) is 77.0 Å². The lowest BCUT2D eigenvalue weighted by Gasteiger charge is -2.16. The number of fused-ring (bicyclic) bond motifs is 1. The summed E-state index contributed by atoms with van der Waals surface area (Å²) in [5.41, 5.74) is 2.90. The number of unbranched alkanes of at least 4 members (excludes halogenated alkanes) is 13. The molecule has 2 aromatic heterocycles. The molecule has 2 amide bonds. The zero-order valence-corrected chi connectivity index (χ0v) is 29.0. The van der Waals surface area contributed by atoms with Crippen molar-refractivity contribution >= 4 is 29.0 Å². The lowest BCUT2D eigenvalue weighted by atomic mass is 9.92. The Labute approximate surface area is 280 Å². The van der Waals surface area contributed by atoms with Crippen LogP contribution in [0.3, 0.4) is 0 Å². The minimum Gasteiger partial charge on any atom is -0.457 e. The fourth-order valence-corrected chi connectivity index (χ4v) is 6.01. The first-order chi connectivity index (χ1) is 22.2. The van der Waals surface area contributed by atoms with E-state index in [9.17, 15) is 4.79 Å². The summed E-state index contributed by atoms with van der Waals surface area (Å²) in [7, 11) is 0. The van der Waals surface area contributed by atoms with Crippen LogP contribution >= 0.6 is 11.6 Å². The maximum absolute atomic E-state index is 12.4. The van der Waals surface area contributed by atoms with Gasteiger partial charge in [0.1, 0.15) is 16.5 Å². The quantitative estimate of drug-likeness (QED) is 0.0881. The number of nitrogens with one attached hydrogen (secondary N) is 3. The van der Waals surface area contributed by atoms with Crippen molar-refractivity contribution in [1.82, 2.24) is 25.1 Å². The van der Waals surface area contributed by atoms with Crippen LogP contribution in [0, 0.1) is 0 Å². The van der Waals surface area contributed by atoms with Gasteiger partial charge in [-0.2, -0.15) is 4.63 Å². The van der Waals surface area contributed by atoms with Gasteiger partial charge in [-0.1, -0.05) is 129 Å². The van der Waals surface area contributed by atoms with Crippen molar-refractivity contribution in [2.45, 2.75) is 123 Å². The summed E-state index contributed by atoms with van der Waals surface area (Å²) in [6, 6.07) is 14.8. The first kappa shape index (κ1) is 35.3. The largest absolute Gasteiger partial charge is 0.457 e. The molecule has 0 radical (unpaired) electrons. The van der Waals surface area contributed by atoms with Gasteiger partial charge in [-0.3, -0.25) is 5.10 Å². The van der Waals surface area contributed by atoms with Gasteiger partial charge in [0.2, 0.25) is 0 Å². The molecule has 0 aliphatic carbocycles. The van der Waals surface area contributed by atoms with Crippen LogP contribution in [-0.2, 0) is 5.41 Å². The molecule has 4 rings (SSSR count). The zero-order chi connectivity index (χ0) is 32.8. The van der Waals surface area contributed by atoms with Crippen molar-refractivity contribution < 1.29 is 9.53 Å². The van der Waals surface area contributed by atoms with Gasteiger partial charge in [0.05, 0.1) is 5.69 Å². The molecule has 4 aromatic rings. The fourth-order valence-electron chi connectivity index (χ4n) is 5.56. The van der Waals surface area contributed by atoms with Crippen LogP contribution in [0.25, 0.3) is 17.0 Å². The van der Waals surface area contributed by atoms with Gasteiger partial charge >= 0.3 is 6.03 Å². The van der Waals surface area contributed by atoms with Gasteiger partial charge in [0.15, 0.2) is 11.5 Å². The summed E-state index contributed by atoms with van der Waals surface area (Å²) in [4.78, 5) is 17.1. The van der Waals surface area contributed by atoms with Crippen LogP contribution < -0.4 is 15.4 Å². The van der Waals surface area contributed by atoms with E-state index in [0.717, 1.165) is 24.1 Å². The summed E-state index contributed by atoms with van der Waals surface area (Å²) in [6.45, 7) is 9.22. The topological polar surface area (TPSA) is 96.3 Å². The van der Waals surface area contributed by atoms with E-state index < -0.39 is 0 Å². The highest BCUT2D eigenvalue weighted by atomic mass is 35.5. The van der Waals surface area contributed by atoms with E-state index in [1.807, 2.05) is 48.5 Å². The average molecular weight is 649 g/mol. The van der Waals surface area contributed by atoms with Crippen molar-refractivity contribution in [3.05, 3.63) is 59.2 Å². The second-order valence-electron chi connectivity index (χ2n) is 13.4. The molecule has 0 spiro atoms. The molecule has 2 aromatic carbocycles. The molecule has 250 valence electrons. The van der Waals surface area contributed by atoms with Gasteiger partial charge in [-0.05, 0) is 42.8 Å². The molecule has 9 heteroatoms. The standard InChI is InChI=1S/C37H53ClN6O2/c1-5-6-7-8-9-10-11-12-13-14-15-16-17-18-26-39-36(45)40-29-20-19-21-31(27-29)46-30-24-22-28(23-25-30)34-41-35-32(38)33(37(2,3)4)42-44(35)43-34/h19-25,27,42H,5-18,26H2,1-4H3,(H2,39,40,45). The number of aromatic amines is 1. The van der Waals surface area contributed by atoms with E-state index >= 15 is 0 Å². The van der Waals surface area contributed by atoms with Crippen molar-refractivity contribution in [2.75, 3.05) is 11.9 Å². The number of aromatic nitrogens is 4. The number of benzene rings is 2. The predicted molar refractivity (Wildman–Crippen MR) is 190 cm³/mol. The molecule has 0 fully saturated rings. The molecule has 0 bridgehead atoms. The van der Waals surface area contributed by atoms with Crippen LogP contribution in [-0.4, -0.2) is 32.4 Å². The number of urea groups is 1. The lowest BCUT2D eigenvalue weighted by molar-refractivity contribution is 0.252. The minimum absolute atomic E-state index is 0.138. The van der Waals surface area contributed by atoms with E-state index in [0.29, 0.717) is 40.2 Å². The third kappa shape index (κ3) is 11.1. The number of carbonyl (C=O) groups excluding carboxylic acids is 1. The molecule has 0 saturated carbocycles. The molecular formula is C37H53ClN6O2. The molecular weight excluding hydrogens is 596 g/mol. The molecule has 46 heavy (non-hydrogen) atoms. The number of hydrogen-bond donors (Lipinski definition) is 3. The average Bonchev–Trinajstić information content (AvgIpc) is 3.59. The third-order valence-corrected chi connectivity index (χ3v) is 8.60.